The number of nitrogens with zero attached hydrogens (tertiary/aromatic N) is 1. The average molecular weight is 289 g/mol. The summed E-state index contributed by atoms with van der Waals surface area (Å²) in [6.07, 6.45) is 6.57. The Bertz CT molecular complexity index is 387. The molecule has 112 valence electrons. The number of hydrogen-bond acceptors (Lipinski definition) is 4. The molecule has 2 N–H and O–H groups in total. The maximum absolute atomic E-state index is 11.9. The Labute approximate surface area is 117 Å². The van der Waals surface area contributed by atoms with E-state index in [2.05, 4.69) is 14.9 Å². The highest BCUT2D eigenvalue weighted by Crippen LogP contribution is 2.35. The van der Waals surface area contributed by atoms with Crippen LogP contribution < -0.4 is 10.0 Å². The summed E-state index contributed by atoms with van der Waals surface area (Å²) >= 11 is 0. The molecule has 0 heterocycles. The van der Waals surface area contributed by atoms with E-state index in [0.29, 0.717) is 19.0 Å². The quantitative estimate of drug-likeness (QED) is 0.608. The number of sulfonamides is 1. The van der Waals surface area contributed by atoms with E-state index < -0.39 is 10.0 Å². The van der Waals surface area contributed by atoms with Gasteiger partial charge < -0.3 is 10.2 Å². The second-order valence-corrected chi connectivity index (χ2v) is 8.12. The van der Waals surface area contributed by atoms with Gasteiger partial charge in [0, 0.05) is 18.1 Å². The van der Waals surface area contributed by atoms with Crippen molar-refractivity contribution in [3.05, 3.63) is 0 Å². The largest absolute Gasteiger partial charge is 0.314 e. The van der Waals surface area contributed by atoms with Crippen LogP contribution in [0.15, 0.2) is 0 Å². The first kappa shape index (κ1) is 15.2. The molecule has 2 saturated carbocycles. The number of hydrogen-bond donors (Lipinski definition) is 2. The van der Waals surface area contributed by atoms with Gasteiger partial charge in [0.1, 0.15) is 0 Å². The highest BCUT2D eigenvalue weighted by Gasteiger charge is 2.39. The number of rotatable bonds is 9. The zero-order valence-corrected chi connectivity index (χ0v) is 12.9. The summed E-state index contributed by atoms with van der Waals surface area (Å²) in [5.41, 5.74) is 0.0549. The van der Waals surface area contributed by atoms with Crippen molar-refractivity contribution >= 4 is 10.0 Å². The van der Waals surface area contributed by atoms with Gasteiger partial charge in [-0.2, -0.15) is 0 Å². The third kappa shape index (κ3) is 4.41. The molecular weight excluding hydrogens is 262 g/mol. The molecule has 2 rings (SSSR count). The van der Waals surface area contributed by atoms with Crippen LogP contribution in [0, 0.1) is 0 Å². The maximum atomic E-state index is 11.9. The molecule has 0 bridgehead atoms. The highest BCUT2D eigenvalue weighted by atomic mass is 32.2. The molecule has 19 heavy (non-hydrogen) atoms. The van der Waals surface area contributed by atoms with Crippen LogP contribution in [0.5, 0.6) is 0 Å². The van der Waals surface area contributed by atoms with E-state index in [-0.39, 0.29) is 11.3 Å². The standard InChI is InChI=1S/C13H27N3O2S/c1-16(2)13(7-3-8-13)11-15-19(17,18)10-4-9-14-12-5-6-12/h12,14-15H,3-11H2,1-2H3. The lowest BCUT2D eigenvalue weighted by Crippen LogP contribution is -2.57. The van der Waals surface area contributed by atoms with Gasteiger partial charge in [-0.15, -0.1) is 0 Å². The minimum atomic E-state index is -3.12. The predicted octanol–water partition coefficient (Wildman–Crippen LogP) is 0.532. The summed E-state index contributed by atoms with van der Waals surface area (Å²) in [6, 6.07) is 0.655. The smallest absolute Gasteiger partial charge is 0.211 e. The van der Waals surface area contributed by atoms with E-state index in [1.807, 2.05) is 14.1 Å². The van der Waals surface area contributed by atoms with Gasteiger partial charge >= 0.3 is 0 Å². The van der Waals surface area contributed by atoms with Crippen LogP contribution in [0.4, 0.5) is 0 Å². The molecule has 0 atom stereocenters. The molecule has 0 amide bonds. The Balaban J connectivity index is 1.67. The molecule has 0 spiro atoms. The summed E-state index contributed by atoms with van der Waals surface area (Å²) in [5, 5.41) is 3.34. The zero-order valence-electron chi connectivity index (χ0n) is 12.1. The average Bonchev–Trinajstić information content (AvgIpc) is 3.06. The maximum Gasteiger partial charge on any atom is 0.211 e. The normalized spacial score (nSPS) is 22.5. The van der Waals surface area contributed by atoms with Gasteiger partial charge in [0.05, 0.1) is 5.75 Å². The molecule has 0 unspecified atom stereocenters. The lowest BCUT2D eigenvalue weighted by atomic mass is 9.76. The Morgan fingerprint density at radius 2 is 1.95 bits per heavy atom. The van der Waals surface area contributed by atoms with Crippen LogP contribution in [0.25, 0.3) is 0 Å². The van der Waals surface area contributed by atoms with Crippen molar-refractivity contribution in [3.8, 4) is 0 Å². The van der Waals surface area contributed by atoms with Crippen LogP contribution in [0.2, 0.25) is 0 Å². The van der Waals surface area contributed by atoms with Gasteiger partial charge in [0.25, 0.3) is 0 Å². The van der Waals surface area contributed by atoms with E-state index in [4.69, 9.17) is 0 Å². The molecule has 5 nitrogen and oxygen atoms in total. The Morgan fingerprint density at radius 3 is 2.42 bits per heavy atom. The topological polar surface area (TPSA) is 61.4 Å². The van der Waals surface area contributed by atoms with Crippen LogP contribution in [-0.4, -0.2) is 57.8 Å². The van der Waals surface area contributed by atoms with Crippen LogP contribution in [0.1, 0.15) is 38.5 Å². The first-order valence-corrected chi connectivity index (χ1v) is 8.97. The van der Waals surface area contributed by atoms with E-state index in [9.17, 15) is 8.42 Å². The van der Waals surface area contributed by atoms with E-state index >= 15 is 0 Å². The van der Waals surface area contributed by atoms with Gasteiger partial charge in [0.15, 0.2) is 0 Å². The summed E-state index contributed by atoms with van der Waals surface area (Å²) < 4.78 is 26.7. The Hall–Kier alpha value is -0.170. The minimum absolute atomic E-state index is 0.0549. The molecule has 0 aromatic carbocycles. The van der Waals surface area contributed by atoms with Crippen molar-refractivity contribution in [1.82, 2.24) is 14.9 Å². The molecule has 0 aromatic rings. The summed E-state index contributed by atoms with van der Waals surface area (Å²) in [5.74, 6) is 0.232. The summed E-state index contributed by atoms with van der Waals surface area (Å²) in [6.45, 7) is 1.36. The van der Waals surface area contributed by atoms with Crippen LogP contribution in [-0.2, 0) is 10.0 Å². The van der Waals surface area contributed by atoms with Crippen LogP contribution in [0.3, 0.4) is 0 Å². The van der Waals surface area contributed by atoms with Gasteiger partial charge in [-0.1, -0.05) is 0 Å². The third-order valence-corrected chi connectivity index (χ3v) is 5.86. The van der Waals surface area contributed by atoms with E-state index in [1.165, 1.54) is 19.3 Å². The molecule has 2 fully saturated rings. The van der Waals surface area contributed by atoms with E-state index in [0.717, 1.165) is 19.4 Å². The number of nitrogens with one attached hydrogen (secondary N) is 2. The molecule has 2 aliphatic carbocycles. The van der Waals surface area contributed by atoms with Crippen LogP contribution >= 0.6 is 0 Å². The molecular formula is C13H27N3O2S. The first-order valence-electron chi connectivity index (χ1n) is 7.32. The molecule has 0 aromatic heterocycles. The third-order valence-electron chi connectivity index (χ3n) is 4.45. The van der Waals surface area contributed by atoms with Gasteiger partial charge in [-0.3, -0.25) is 0 Å². The van der Waals surface area contributed by atoms with Gasteiger partial charge in [-0.25, -0.2) is 13.1 Å². The lowest BCUT2D eigenvalue weighted by molar-refractivity contribution is 0.0657. The van der Waals surface area contributed by atoms with Crippen molar-refractivity contribution < 1.29 is 8.42 Å². The Morgan fingerprint density at radius 1 is 1.26 bits per heavy atom. The van der Waals surface area contributed by atoms with Gasteiger partial charge in [-0.05, 0) is 59.2 Å². The van der Waals surface area contributed by atoms with Gasteiger partial charge in [0.2, 0.25) is 10.0 Å². The fourth-order valence-electron chi connectivity index (χ4n) is 2.54. The fourth-order valence-corrected chi connectivity index (χ4v) is 3.70. The van der Waals surface area contributed by atoms with Crippen molar-refractivity contribution in [2.75, 3.05) is 32.9 Å². The summed E-state index contributed by atoms with van der Waals surface area (Å²) in [4.78, 5) is 2.16. The summed E-state index contributed by atoms with van der Waals surface area (Å²) in [7, 11) is 0.951. The van der Waals surface area contributed by atoms with E-state index in [1.54, 1.807) is 0 Å². The first-order chi connectivity index (χ1) is 8.94. The highest BCUT2D eigenvalue weighted by molar-refractivity contribution is 7.89. The molecule has 0 saturated heterocycles. The molecule has 6 heteroatoms. The molecule has 0 aliphatic heterocycles. The second kappa shape index (κ2) is 6.08. The monoisotopic (exact) mass is 289 g/mol. The zero-order chi connectivity index (χ0) is 13.9. The van der Waals surface area contributed by atoms with Crippen molar-refractivity contribution in [3.63, 3.8) is 0 Å². The SMILES string of the molecule is CN(C)C1(CNS(=O)(=O)CCCNC2CC2)CCC1. The lowest BCUT2D eigenvalue weighted by Gasteiger charge is -2.47. The number of likely N-dealkylation sites (N-methyl/N-ethyl adjacent to an activating group) is 1. The second-order valence-electron chi connectivity index (χ2n) is 6.19. The fraction of sp³-hybridized carbons (Fsp3) is 1.00. The molecule has 0 radical (unpaired) electrons. The van der Waals surface area contributed by atoms with Crippen molar-refractivity contribution in [1.29, 1.82) is 0 Å². The van der Waals surface area contributed by atoms with Crippen molar-refractivity contribution in [2.45, 2.75) is 50.1 Å². The predicted molar refractivity (Wildman–Crippen MR) is 77.7 cm³/mol. The molecule has 2 aliphatic rings. The minimum Gasteiger partial charge on any atom is -0.314 e. The Kier molecular flexibility index (Phi) is 4.87. The van der Waals surface area contributed by atoms with Crippen molar-refractivity contribution in [2.24, 2.45) is 0 Å².